The molecule has 0 aliphatic carbocycles. The maximum Gasteiger partial charge on any atom is 1.00 e. The normalized spacial score (nSPS) is 13.2. The number of allylic oxidation sites excluding steroid dienone is 2. The molecule has 2 atom stereocenters. The molecule has 190 valence electrons. The summed E-state index contributed by atoms with van der Waals surface area (Å²) in [5.41, 5.74) is 1.56. The summed E-state index contributed by atoms with van der Waals surface area (Å²) in [5, 5.41) is 43.8. The van der Waals surface area contributed by atoms with Crippen molar-refractivity contribution in [1.82, 2.24) is 20.2 Å². The molecular formula is C26H27F2N4NaO4. The number of hydrogen-bond donors (Lipinski definition) is 2. The first kappa shape index (κ1) is 30.5. The Bertz CT molecular complexity index is 1210. The Morgan fingerprint density at radius 1 is 1.03 bits per heavy atom. The molecule has 2 aromatic carbocycles. The van der Waals surface area contributed by atoms with Crippen molar-refractivity contribution in [3.63, 3.8) is 0 Å². The van der Waals surface area contributed by atoms with E-state index in [2.05, 4.69) is 15.4 Å². The number of aliphatic hydroxyl groups excluding tert-OH is 2. The van der Waals surface area contributed by atoms with E-state index in [-0.39, 0.29) is 41.8 Å². The van der Waals surface area contributed by atoms with E-state index in [1.165, 1.54) is 41.2 Å². The smallest absolute Gasteiger partial charge is 0.550 e. The molecule has 0 aliphatic heterocycles. The van der Waals surface area contributed by atoms with Crippen LogP contribution in [0.3, 0.4) is 0 Å². The third kappa shape index (κ3) is 8.65. The number of carbonyl (C=O) groups excluding carboxylic acids is 1. The zero-order valence-electron chi connectivity index (χ0n) is 21.1. The monoisotopic (exact) mass is 520 g/mol. The Morgan fingerprint density at radius 2 is 1.54 bits per heavy atom. The number of benzene rings is 2. The van der Waals surface area contributed by atoms with Crippen molar-refractivity contribution in [2.45, 2.75) is 51.4 Å². The number of aliphatic carboxylic acids is 1. The van der Waals surface area contributed by atoms with Gasteiger partial charge in [-0.2, -0.15) is 4.80 Å². The van der Waals surface area contributed by atoms with Gasteiger partial charge < -0.3 is 20.1 Å². The first-order chi connectivity index (χ1) is 16.9. The zero-order valence-corrected chi connectivity index (χ0v) is 23.1. The SMILES string of the molecule is CC(C)(C)n1nnc(C(/C=C/[C@@H](O)C[C@@H](O)CC(=O)[O-])=C(c2ccc(F)cc2)c2ccc(F)cc2)n1.[Na+]. The molecule has 0 unspecified atom stereocenters. The number of rotatable bonds is 9. The van der Waals surface area contributed by atoms with Crippen LogP contribution in [0.15, 0.2) is 60.7 Å². The predicted molar refractivity (Wildman–Crippen MR) is 127 cm³/mol. The minimum Gasteiger partial charge on any atom is -0.550 e. The third-order valence-electron chi connectivity index (χ3n) is 5.19. The van der Waals surface area contributed by atoms with Gasteiger partial charge in [-0.1, -0.05) is 36.4 Å². The van der Waals surface area contributed by atoms with E-state index in [0.29, 0.717) is 22.3 Å². The summed E-state index contributed by atoms with van der Waals surface area (Å²) in [6, 6.07) is 11.3. The van der Waals surface area contributed by atoms with Gasteiger partial charge in [0.05, 0.1) is 17.7 Å². The molecule has 0 amide bonds. The van der Waals surface area contributed by atoms with E-state index in [0.717, 1.165) is 0 Å². The number of aromatic nitrogens is 4. The molecule has 0 saturated carbocycles. The molecule has 8 nitrogen and oxygen atoms in total. The summed E-state index contributed by atoms with van der Waals surface area (Å²) in [7, 11) is 0. The average molecular weight is 521 g/mol. The number of carbonyl (C=O) groups is 1. The molecule has 0 bridgehead atoms. The van der Waals surface area contributed by atoms with Crippen LogP contribution < -0.4 is 34.7 Å². The number of aliphatic hydroxyl groups is 2. The second-order valence-electron chi connectivity index (χ2n) is 9.27. The maximum absolute atomic E-state index is 13.7. The van der Waals surface area contributed by atoms with Crippen LogP contribution in [0.4, 0.5) is 8.78 Å². The van der Waals surface area contributed by atoms with Gasteiger partial charge in [-0.3, -0.25) is 0 Å². The number of carboxylic acids is 1. The molecule has 37 heavy (non-hydrogen) atoms. The summed E-state index contributed by atoms with van der Waals surface area (Å²) >= 11 is 0. The Labute approximate surface area is 235 Å². The second kappa shape index (κ2) is 13.2. The predicted octanol–water partition coefficient (Wildman–Crippen LogP) is -0.522. The Kier molecular flexibility index (Phi) is 10.8. The average Bonchev–Trinajstić information content (AvgIpc) is 3.28. The second-order valence-corrected chi connectivity index (χ2v) is 9.27. The summed E-state index contributed by atoms with van der Waals surface area (Å²) in [5.74, 6) is -2.13. The van der Waals surface area contributed by atoms with Crippen molar-refractivity contribution in [3.8, 4) is 0 Å². The molecule has 0 radical (unpaired) electrons. The molecule has 3 rings (SSSR count). The fourth-order valence-electron chi connectivity index (χ4n) is 3.43. The summed E-state index contributed by atoms with van der Waals surface area (Å²) in [4.78, 5) is 12.1. The van der Waals surface area contributed by atoms with Gasteiger partial charge in [-0.05, 0) is 61.4 Å². The number of carboxylic acid groups (broad SMARTS) is 1. The van der Waals surface area contributed by atoms with Crippen molar-refractivity contribution >= 4 is 17.1 Å². The van der Waals surface area contributed by atoms with Crippen LogP contribution in [0.2, 0.25) is 0 Å². The third-order valence-corrected chi connectivity index (χ3v) is 5.19. The Morgan fingerprint density at radius 3 is 1.97 bits per heavy atom. The molecule has 11 heteroatoms. The molecule has 0 aliphatic rings. The Balaban J connectivity index is 0.00000481. The van der Waals surface area contributed by atoms with Crippen LogP contribution in [0, 0.1) is 11.6 Å². The van der Waals surface area contributed by atoms with E-state index < -0.39 is 41.8 Å². The van der Waals surface area contributed by atoms with E-state index in [1.807, 2.05) is 20.8 Å². The summed E-state index contributed by atoms with van der Waals surface area (Å²) in [6.45, 7) is 5.67. The first-order valence-electron chi connectivity index (χ1n) is 11.2. The Hall–Kier alpha value is -2.76. The van der Waals surface area contributed by atoms with Gasteiger partial charge in [0.25, 0.3) is 0 Å². The number of tetrazole rings is 1. The van der Waals surface area contributed by atoms with Gasteiger partial charge in [0.1, 0.15) is 11.6 Å². The number of hydrogen-bond acceptors (Lipinski definition) is 7. The van der Waals surface area contributed by atoms with E-state index >= 15 is 0 Å². The van der Waals surface area contributed by atoms with Crippen LogP contribution in [-0.2, 0) is 10.3 Å². The van der Waals surface area contributed by atoms with E-state index in [1.54, 1.807) is 24.3 Å². The molecule has 2 N–H and O–H groups in total. The molecule has 1 heterocycles. The molecule has 3 aromatic rings. The first-order valence-corrected chi connectivity index (χ1v) is 11.2. The topological polar surface area (TPSA) is 124 Å². The van der Waals surface area contributed by atoms with Crippen molar-refractivity contribution in [1.29, 1.82) is 0 Å². The van der Waals surface area contributed by atoms with Gasteiger partial charge in [0.2, 0.25) is 5.82 Å². The van der Waals surface area contributed by atoms with Crippen molar-refractivity contribution in [2.75, 3.05) is 0 Å². The van der Waals surface area contributed by atoms with Gasteiger partial charge in [0, 0.05) is 30.0 Å². The van der Waals surface area contributed by atoms with Crippen LogP contribution in [0.5, 0.6) is 0 Å². The van der Waals surface area contributed by atoms with Gasteiger partial charge in [-0.25, -0.2) is 8.78 Å². The number of nitrogens with zero attached hydrogens (tertiary/aromatic N) is 4. The minimum absolute atomic E-state index is 0. The van der Waals surface area contributed by atoms with Crippen molar-refractivity contribution < 1.29 is 58.5 Å². The van der Waals surface area contributed by atoms with Gasteiger partial charge in [-0.15, -0.1) is 10.2 Å². The number of halogens is 2. The van der Waals surface area contributed by atoms with E-state index in [9.17, 15) is 28.9 Å². The van der Waals surface area contributed by atoms with Gasteiger partial charge >= 0.3 is 29.6 Å². The van der Waals surface area contributed by atoms with Crippen LogP contribution >= 0.6 is 0 Å². The standard InChI is InChI=1S/C26H28F2N4O4.Na/c1-26(2,3)32-30-25(29-31-32)22(13-12-20(33)14-21(34)15-23(35)36)24(16-4-8-18(27)9-5-16)17-6-10-19(28)11-7-17;/h4-13,20-21,33-34H,14-15H2,1-3H3,(H,35,36);/q;+1/p-1/b13-12+;/t20-,21-;/m1./s1. The van der Waals surface area contributed by atoms with Crippen LogP contribution in [0.1, 0.15) is 50.6 Å². The van der Waals surface area contributed by atoms with Crippen molar-refractivity contribution in [3.05, 3.63) is 89.3 Å². The quantitative estimate of drug-likeness (QED) is 0.287. The van der Waals surface area contributed by atoms with E-state index in [4.69, 9.17) is 0 Å². The molecular weight excluding hydrogens is 493 g/mol. The maximum atomic E-state index is 13.7. The largest absolute Gasteiger partial charge is 1.00 e. The fraction of sp³-hybridized carbons (Fsp3) is 0.308. The summed E-state index contributed by atoms with van der Waals surface area (Å²) < 4.78 is 27.4. The fourth-order valence-corrected chi connectivity index (χ4v) is 3.43. The van der Waals surface area contributed by atoms with Crippen LogP contribution in [0.25, 0.3) is 11.1 Å². The zero-order chi connectivity index (χ0) is 26.5. The summed E-state index contributed by atoms with van der Waals surface area (Å²) in [6.07, 6.45) is -0.514. The molecule has 0 spiro atoms. The molecule has 0 fully saturated rings. The molecule has 0 saturated heterocycles. The van der Waals surface area contributed by atoms with Crippen molar-refractivity contribution in [2.24, 2.45) is 0 Å². The molecule has 1 aromatic heterocycles. The van der Waals surface area contributed by atoms with Gasteiger partial charge in [0.15, 0.2) is 0 Å². The minimum atomic E-state index is -1.43. The van der Waals surface area contributed by atoms with Crippen LogP contribution in [-0.4, -0.2) is 48.6 Å².